The minimum Gasteiger partial charge on any atom is -0.493 e. The molecule has 0 saturated heterocycles. The summed E-state index contributed by atoms with van der Waals surface area (Å²) in [5.74, 6) is 1.11. The molecule has 2 rings (SSSR count). The van der Waals surface area contributed by atoms with Crippen LogP contribution in [0, 0.1) is 0 Å². The number of nitrogens with zero attached hydrogens (tertiary/aromatic N) is 2. The summed E-state index contributed by atoms with van der Waals surface area (Å²) < 4.78 is 11.1. The van der Waals surface area contributed by atoms with E-state index in [4.69, 9.17) is 32.5 Å². The second-order valence-electron chi connectivity index (χ2n) is 4.59. The molecule has 0 aliphatic carbocycles. The Hall–Kier alpha value is -2.73. The zero-order chi connectivity index (χ0) is 16.7. The average Bonchev–Trinajstić information content (AvgIpc) is 2.54. The Morgan fingerprint density at radius 3 is 2.52 bits per heavy atom. The highest BCUT2D eigenvalue weighted by molar-refractivity contribution is 6.30. The van der Waals surface area contributed by atoms with E-state index in [0.717, 1.165) is 11.1 Å². The summed E-state index contributed by atoms with van der Waals surface area (Å²) in [6.45, 7) is 0.391. The molecule has 0 amide bonds. The van der Waals surface area contributed by atoms with Crippen molar-refractivity contribution in [2.75, 3.05) is 7.11 Å². The van der Waals surface area contributed by atoms with Gasteiger partial charge in [-0.2, -0.15) is 5.10 Å². The van der Waals surface area contributed by atoms with Gasteiger partial charge in [0.2, 0.25) is 5.96 Å². The molecule has 4 N–H and O–H groups in total. The van der Waals surface area contributed by atoms with Gasteiger partial charge in [0, 0.05) is 5.02 Å². The van der Waals surface area contributed by atoms with Crippen molar-refractivity contribution in [1.29, 1.82) is 0 Å². The average molecular weight is 333 g/mol. The van der Waals surface area contributed by atoms with Gasteiger partial charge in [0.1, 0.15) is 6.61 Å². The molecule has 0 atom stereocenters. The summed E-state index contributed by atoms with van der Waals surface area (Å²) in [5, 5.41) is 8.00. The van der Waals surface area contributed by atoms with Crippen LogP contribution in [-0.2, 0) is 6.61 Å². The third-order valence-electron chi connectivity index (χ3n) is 2.88. The van der Waals surface area contributed by atoms with Gasteiger partial charge >= 0.3 is 0 Å². The number of methoxy groups -OCH3 is 1. The third kappa shape index (κ3) is 5.19. The van der Waals surface area contributed by atoms with E-state index in [9.17, 15) is 0 Å². The second-order valence-corrected chi connectivity index (χ2v) is 5.03. The number of ether oxygens (including phenoxy) is 2. The van der Waals surface area contributed by atoms with E-state index in [1.54, 1.807) is 19.2 Å². The van der Waals surface area contributed by atoms with Crippen LogP contribution in [0.4, 0.5) is 0 Å². The van der Waals surface area contributed by atoms with E-state index in [-0.39, 0.29) is 5.96 Å². The van der Waals surface area contributed by atoms with Gasteiger partial charge in [0.05, 0.1) is 13.3 Å². The van der Waals surface area contributed by atoms with Crippen LogP contribution in [0.1, 0.15) is 11.1 Å². The number of halogens is 1. The minimum absolute atomic E-state index is 0.103. The van der Waals surface area contributed by atoms with Crippen molar-refractivity contribution in [2.24, 2.45) is 21.7 Å². The van der Waals surface area contributed by atoms with E-state index in [0.29, 0.717) is 23.1 Å². The summed E-state index contributed by atoms with van der Waals surface area (Å²) in [4.78, 5) is 0. The van der Waals surface area contributed by atoms with Gasteiger partial charge in [-0.3, -0.25) is 0 Å². The predicted octanol–water partition coefficient (Wildman–Crippen LogP) is 2.53. The van der Waals surface area contributed by atoms with Gasteiger partial charge in [-0.25, -0.2) is 0 Å². The lowest BCUT2D eigenvalue weighted by Gasteiger charge is -2.11. The number of hydrogen-bond acceptors (Lipinski definition) is 4. The van der Waals surface area contributed by atoms with Gasteiger partial charge < -0.3 is 20.9 Å². The van der Waals surface area contributed by atoms with Crippen molar-refractivity contribution in [3.63, 3.8) is 0 Å². The first-order valence-corrected chi connectivity index (χ1v) is 7.13. The fourth-order valence-electron chi connectivity index (χ4n) is 1.79. The molecule has 0 aliphatic heterocycles. The van der Waals surface area contributed by atoms with Gasteiger partial charge in [-0.1, -0.05) is 23.7 Å². The minimum atomic E-state index is -0.103. The summed E-state index contributed by atoms with van der Waals surface area (Å²) >= 11 is 5.86. The molecular formula is C16H17ClN4O2. The monoisotopic (exact) mass is 332 g/mol. The molecule has 0 radical (unpaired) electrons. The zero-order valence-electron chi connectivity index (χ0n) is 12.6. The normalized spacial score (nSPS) is 10.5. The molecule has 0 unspecified atom stereocenters. The molecular weight excluding hydrogens is 316 g/mol. The van der Waals surface area contributed by atoms with Crippen LogP contribution >= 0.6 is 11.6 Å². The van der Waals surface area contributed by atoms with Crippen molar-refractivity contribution >= 4 is 23.8 Å². The fraction of sp³-hybridized carbons (Fsp3) is 0.125. The number of guanidine groups is 1. The molecule has 2 aromatic rings. The maximum absolute atomic E-state index is 5.86. The van der Waals surface area contributed by atoms with Gasteiger partial charge in [0.15, 0.2) is 11.5 Å². The van der Waals surface area contributed by atoms with Crippen LogP contribution in [0.5, 0.6) is 11.5 Å². The molecule has 0 bridgehead atoms. The van der Waals surface area contributed by atoms with Crippen LogP contribution in [0.15, 0.2) is 52.7 Å². The highest BCUT2D eigenvalue weighted by Gasteiger charge is 2.06. The molecule has 0 spiro atoms. The number of hydrogen-bond donors (Lipinski definition) is 2. The predicted molar refractivity (Wildman–Crippen MR) is 92.2 cm³/mol. The molecule has 120 valence electrons. The number of benzene rings is 2. The fourth-order valence-corrected chi connectivity index (χ4v) is 1.92. The van der Waals surface area contributed by atoms with Crippen molar-refractivity contribution in [1.82, 2.24) is 0 Å². The van der Waals surface area contributed by atoms with Crippen LogP contribution in [0.2, 0.25) is 5.02 Å². The lowest BCUT2D eigenvalue weighted by molar-refractivity contribution is 0.284. The Morgan fingerprint density at radius 1 is 1.13 bits per heavy atom. The quantitative estimate of drug-likeness (QED) is 0.482. The SMILES string of the molecule is COc1ccc(C=NN=C(N)N)cc1OCc1ccc(Cl)cc1. The van der Waals surface area contributed by atoms with Crippen LogP contribution in [0.3, 0.4) is 0 Å². The molecule has 0 aromatic heterocycles. The van der Waals surface area contributed by atoms with E-state index in [1.807, 2.05) is 30.3 Å². The van der Waals surface area contributed by atoms with Gasteiger partial charge in [-0.15, -0.1) is 5.10 Å². The Kier molecular flexibility index (Phi) is 5.82. The summed E-state index contributed by atoms with van der Waals surface area (Å²) in [6, 6.07) is 12.8. The molecule has 0 heterocycles. The van der Waals surface area contributed by atoms with Crippen LogP contribution in [-0.4, -0.2) is 19.3 Å². The molecule has 23 heavy (non-hydrogen) atoms. The molecule has 7 heteroatoms. The van der Waals surface area contributed by atoms with Crippen LogP contribution < -0.4 is 20.9 Å². The lowest BCUT2D eigenvalue weighted by Crippen LogP contribution is -2.21. The van der Waals surface area contributed by atoms with Crippen molar-refractivity contribution in [3.8, 4) is 11.5 Å². The topological polar surface area (TPSA) is 95.2 Å². The molecule has 0 aliphatic rings. The highest BCUT2D eigenvalue weighted by Crippen LogP contribution is 2.28. The van der Waals surface area contributed by atoms with Crippen LogP contribution in [0.25, 0.3) is 0 Å². The van der Waals surface area contributed by atoms with Gasteiger partial charge in [-0.05, 0) is 41.5 Å². The Balaban J connectivity index is 2.13. The summed E-state index contributed by atoms with van der Waals surface area (Å²) in [6.07, 6.45) is 1.52. The van der Waals surface area contributed by atoms with E-state index in [1.165, 1.54) is 6.21 Å². The lowest BCUT2D eigenvalue weighted by atomic mass is 10.2. The van der Waals surface area contributed by atoms with Crippen molar-refractivity contribution < 1.29 is 9.47 Å². The summed E-state index contributed by atoms with van der Waals surface area (Å²) in [7, 11) is 1.58. The first-order valence-electron chi connectivity index (χ1n) is 6.75. The zero-order valence-corrected chi connectivity index (χ0v) is 13.3. The molecule has 0 saturated carbocycles. The second kappa shape index (κ2) is 8.05. The first kappa shape index (κ1) is 16.6. The van der Waals surface area contributed by atoms with E-state index >= 15 is 0 Å². The smallest absolute Gasteiger partial charge is 0.211 e. The Labute approximate surface area is 139 Å². The number of nitrogens with two attached hydrogens (primary N) is 2. The maximum Gasteiger partial charge on any atom is 0.211 e. The first-order chi connectivity index (χ1) is 11.1. The maximum atomic E-state index is 5.86. The van der Waals surface area contributed by atoms with E-state index < -0.39 is 0 Å². The Bertz CT molecular complexity index is 711. The van der Waals surface area contributed by atoms with Gasteiger partial charge in [0.25, 0.3) is 0 Å². The standard InChI is InChI=1S/C16H17ClN4O2/c1-22-14-7-4-12(9-20-21-16(18)19)8-15(14)23-10-11-2-5-13(17)6-3-11/h2-9H,10H2,1H3,(H4,18,19,21). The molecule has 6 nitrogen and oxygen atoms in total. The largest absolute Gasteiger partial charge is 0.493 e. The van der Waals surface area contributed by atoms with Crippen molar-refractivity contribution in [2.45, 2.75) is 6.61 Å². The third-order valence-corrected chi connectivity index (χ3v) is 3.13. The highest BCUT2D eigenvalue weighted by atomic mass is 35.5. The van der Waals surface area contributed by atoms with Crippen molar-refractivity contribution in [3.05, 3.63) is 58.6 Å². The summed E-state index contributed by atoms with van der Waals surface area (Å²) in [5.41, 5.74) is 12.2. The Morgan fingerprint density at radius 2 is 1.87 bits per heavy atom. The number of rotatable bonds is 6. The molecule has 0 fully saturated rings. The van der Waals surface area contributed by atoms with E-state index in [2.05, 4.69) is 10.2 Å². The molecule has 2 aromatic carbocycles.